The van der Waals surface area contributed by atoms with Crippen LogP contribution in [0.1, 0.15) is 0 Å². The summed E-state index contributed by atoms with van der Waals surface area (Å²) >= 11 is 0. The third kappa shape index (κ3) is 28.0. The van der Waals surface area contributed by atoms with Gasteiger partial charge in [0.1, 0.15) is 18.3 Å². The zero-order valence-electron chi connectivity index (χ0n) is 10.9. The number of carboxylic acids is 1. The standard InChI is InChI=1S/C6H12O7.CH2O3.ClH.4Fe.H3N/c7-1-2(8)3(9)4(10)5(11)6(12)13;2-1(3)4;;;;;;/h2-5,7-11H,1H2,(H,12,13);(H2,2,3,4);1H;;;;;1H3/t2-,3-,4+,5-;;;;;;;/m1......./s1. The summed E-state index contributed by atoms with van der Waals surface area (Å²) in [4.78, 5) is 18.6. The minimum absolute atomic E-state index is 0. The minimum atomic E-state index is -2.20. The first-order valence-electron chi connectivity index (χ1n) is 4.13. The maximum Gasteiger partial charge on any atom is 0.503 e. The molecule has 23 heavy (non-hydrogen) atoms. The molecular formula is C7H18ClFe4NO10. The van der Waals surface area contributed by atoms with Crippen LogP contribution in [0.4, 0.5) is 4.79 Å². The Morgan fingerprint density at radius 2 is 1.04 bits per heavy atom. The van der Waals surface area contributed by atoms with E-state index < -0.39 is 43.1 Å². The smallest absolute Gasteiger partial charge is 0.479 e. The van der Waals surface area contributed by atoms with E-state index in [1.165, 1.54) is 0 Å². The van der Waals surface area contributed by atoms with Gasteiger partial charge in [-0.15, -0.1) is 12.4 Å². The molecule has 16 heteroatoms. The predicted octanol–water partition coefficient (Wildman–Crippen LogP) is -2.70. The topological polar surface area (TPSA) is 231 Å². The number of aliphatic hydroxyl groups excluding tert-OH is 5. The van der Waals surface area contributed by atoms with Crippen molar-refractivity contribution in [2.24, 2.45) is 0 Å². The molecule has 0 bridgehead atoms. The number of carboxylic acid groups (broad SMARTS) is 3. The van der Waals surface area contributed by atoms with Crippen molar-refractivity contribution in [2.75, 3.05) is 6.61 Å². The van der Waals surface area contributed by atoms with Crippen molar-refractivity contribution < 1.29 is 119 Å². The molecule has 0 saturated heterocycles. The molecule has 0 saturated carbocycles. The number of aliphatic hydroxyl groups is 5. The summed E-state index contributed by atoms with van der Waals surface area (Å²) in [6.45, 7) is -0.843. The third-order valence-electron chi connectivity index (χ3n) is 1.51. The third-order valence-corrected chi connectivity index (χ3v) is 1.51. The fraction of sp³-hybridized carbons (Fsp3) is 0.714. The van der Waals surface area contributed by atoms with Gasteiger partial charge in [0, 0.05) is 68.3 Å². The summed E-state index contributed by atoms with van der Waals surface area (Å²) in [5.41, 5.74) is 0. The number of hydrogen-bond acceptors (Lipinski definition) is 8. The van der Waals surface area contributed by atoms with Gasteiger partial charge in [-0.05, 0) is 0 Å². The molecular weight excluding hydrogens is 517 g/mol. The first-order valence-corrected chi connectivity index (χ1v) is 4.13. The van der Waals surface area contributed by atoms with E-state index >= 15 is 0 Å². The van der Waals surface area contributed by atoms with Gasteiger partial charge >= 0.3 is 12.1 Å². The van der Waals surface area contributed by atoms with Crippen LogP contribution in [0.2, 0.25) is 0 Å². The van der Waals surface area contributed by atoms with Crippen LogP contribution in [0.5, 0.6) is 0 Å². The molecule has 0 aromatic carbocycles. The maximum atomic E-state index is 10.1. The van der Waals surface area contributed by atoms with E-state index in [2.05, 4.69) is 0 Å². The molecule has 0 aliphatic rings. The number of rotatable bonds is 5. The predicted molar refractivity (Wildman–Crippen MR) is 61.7 cm³/mol. The number of hydrogen-bond donors (Lipinski definition) is 9. The van der Waals surface area contributed by atoms with Crippen LogP contribution >= 0.6 is 12.4 Å². The Hall–Kier alpha value is 0.868. The monoisotopic (exact) mass is 535 g/mol. The van der Waals surface area contributed by atoms with E-state index in [4.69, 9.17) is 45.6 Å². The summed E-state index contributed by atoms with van der Waals surface area (Å²) in [5, 5.41) is 65.8. The number of aliphatic carboxylic acids is 1. The summed E-state index contributed by atoms with van der Waals surface area (Å²) in [6, 6.07) is 0. The Bertz CT molecular complexity index is 263. The second-order valence-corrected chi connectivity index (χ2v) is 2.80. The van der Waals surface area contributed by atoms with E-state index in [-0.39, 0.29) is 86.8 Å². The molecule has 0 radical (unpaired) electrons. The van der Waals surface area contributed by atoms with Crippen molar-refractivity contribution >= 4 is 24.5 Å². The number of carbonyl (C=O) groups is 2. The molecule has 0 aliphatic carbocycles. The van der Waals surface area contributed by atoms with Gasteiger partial charge in [0.25, 0.3) is 0 Å². The van der Waals surface area contributed by atoms with Gasteiger partial charge in [0.2, 0.25) is 0 Å². The Kier molecular flexibility index (Phi) is 59.7. The van der Waals surface area contributed by atoms with Gasteiger partial charge in [-0.2, -0.15) is 0 Å². The quantitative estimate of drug-likeness (QED) is 0.165. The van der Waals surface area contributed by atoms with E-state index in [0.29, 0.717) is 0 Å². The van der Waals surface area contributed by atoms with Crippen LogP contribution in [0, 0.1) is 0 Å². The molecule has 0 aliphatic heterocycles. The maximum absolute atomic E-state index is 10.1. The molecule has 0 spiro atoms. The van der Waals surface area contributed by atoms with Gasteiger partial charge in [0.15, 0.2) is 6.10 Å². The van der Waals surface area contributed by atoms with Crippen molar-refractivity contribution in [3.8, 4) is 0 Å². The first kappa shape index (κ1) is 49.6. The average molecular weight is 535 g/mol. The van der Waals surface area contributed by atoms with Crippen molar-refractivity contribution in [3.05, 3.63) is 0 Å². The van der Waals surface area contributed by atoms with Crippen LogP contribution in [0.3, 0.4) is 0 Å². The SMILES string of the molecule is Cl.N.O=C(O)O.O=C(O)[C@H](O)[C@@H](O)[C@H](O)[C@H](O)CO.[Fe].[Fe].[Fe].[Fe]. The van der Waals surface area contributed by atoms with Crippen molar-refractivity contribution in [3.63, 3.8) is 0 Å². The average Bonchev–Trinajstić information content (AvgIpc) is 2.23. The summed E-state index contributed by atoms with van der Waals surface area (Å²) in [6.07, 6.45) is -9.67. The summed E-state index contributed by atoms with van der Waals surface area (Å²) in [7, 11) is 0. The second-order valence-electron chi connectivity index (χ2n) is 2.80. The zero-order valence-corrected chi connectivity index (χ0v) is 16.2. The van der Waals surface area contributed by atoms with E-state index in [1.54, 1.807) is 0 Å². The fourth-order valence-electron chi connectivity index (χ4n) is 0.668. The van der Waals surface area contributed by atoms with E-state index in [0.717, 1.165) is 0 Å². The molecule has 0 rings (SSSR count). The Labute approximate surface area is 179 Å². The molecule has 0 fully saturated rings. The molecule has 4 atom stereocenters. The second kappa shape index (κ2) is 27.7. The van der Waals surface area contributed by atoms with Gasteiger partial charge in [0.05, 0.1) is 6.61 Å². The summed E-state index contributed by atoms with van der Waals surface area (Å²) in [5.74, 6) is -1.73. The molecule has 0 aromatic rings. The molecule has 0 heterocycles. The van der Waals surface area contributed by atoms with Gasteiger partial charge < -0.3 is 47.0 Å². The minimum Gasteiger partial charge on any atom is -0.479 e. The van der Waals surface area contributed by atoms with Crippen LogP contribution in [-0.4, -0.2) is 84.0 Å². The number of halogens is 1. The molecule has 0 amide bonds. The van der Waals surface area contributed by atoms with E-state index in [9.17, 15) is 4.79 Å². The molecule has 0 unspecified atom stereocenters. The normalized spacial score (nSPS) is 12.6. The molecule has 0 aromatic heterocycles. The summed E-state index contributed by atoms with van der Waals surface area (Å²) < 4.78 is 0. The van der Waals surface area contributed by atoms with E-state index in [1.807, 2.05) is 0 Å². The Morgan fingerprint density at radius 3 is 1.22 bits per heavy atom. The Morgan fingerprint density at radius 1 is 0.783 bits per heavy atom. The van der Waals surface area contributed by atoms with Gasteiger partial charge in [-0.3, -0.25) is 0 Å². The largest absolute Gasteiger partial charge is 0.503 e. The van der Waals surface area contributed by atoms with Crippen LogP contribution in [0.15, 0.2) is 0 Å². The van der Waals surface area contributed by atoms with Crippen molar-refractivity contribution in [2.45, 2.75) is 24.4 Å². The van der Waals surface area contributed by atoms with Crippen molar-refractivity contribution in [1.29, 1.82) is 0 Å². The Balaban J connectivity index is -0.0000000339. The van der Waals surface area contributed by atoms with Gasteiger partial charge in [-0.25, -0.2) is 9.59 Å². The molecule has 11 nitrogen and oxygen atoms in total. The molecule has 11 N–H and O–H groups in total. The van der Waals surface area contributed by atoms with Crippen LogP contribution < -0.4 is 6.15 Å². The zero-order chi connectivity index (χ0) is 14.2. The first-order chi connectivity index (χ1) is 7.64. The fourth-order valence-corrected chi connectivity index (χ4v) is 0.668. The van der Waals surface area contributed by atoms with Crippen molar-refractivity contribution in [1.82, 2.24) is 6.15 Å². The van der Waals surface area contributed by atoms with Crippen LogP contribution in [-0.2, 0) is 73.1 Å². The molecule has 150 valence electrons. The van der Waals surface area contributed by atoms with Gasteiger partial charge in [-0.1, -0.05) is 0 Å². The van der Waals surface area contributed by atoms with Crippen LogP contribution in [0.25, 0.3) is 0 Å².